The topological polar surface area (TPSA) is 85.9 Å². The van der Waals surface area contributed by atoms with Gasteiger partial charge in [-0.15, -0.1) is 11.3 Å². The highest BCUT2D eigenvalue weighted by molar-refractivity contribution is 7.22. The number of aromatic amines is 1. The van der Waals surface area contributed by atoms with Crippen LogP contribution in [0.25, 0.3) is 20.8 Å². The van der Waals surface area contributed by atoms with Crippen molar-refractivity contribution in [2.75, 3.05) is 17.2 Å². The fraction of sp³-hybridized carbons (Fsp3) is 0.500. The van der Waals surface area contributed by atoms with Crippen molar-refractivity contribution in [2.24, 2.45) is 5.92 Å². The average Bonchev–Trinajstić information content (AvgIpc) is 3.20. The number of pyridine rings is 1. The van der Waals surface area contributed by atoms with E-state index in [1.807, 2.05) is 12.1 Å². The summed E-state index contributed by atoms with van der Waals surface area (Å²) in [5.74, 6) is 1.33. The monoisotopic (exact) mass is 387 g/mol. The van der Waals surface area contributed by atoms with E-state index in [0.717, 1.165) is 38.7 Å². The van der Waals surface area contributed by atoms with Crippen molar-refractivity contribution >= 4 is 33.1 Å². The molecule has 0 aliphatic heterocycles. The Balaban J connectivity index is 2.04. The first-order valence-corrected chi connectivity index (χ1v) is 10.2. The lowest BCUT2D eigenvalue weighted by Crippen LogP contribution is -2.27. The molecule has 0 aliphatic carbocycles. The number of aliphatic hydroxyl groups excluding tert-OH is 1. The molecule has 0 amide bonds. The second-order valence-electron chi connectivity index (χ2n) is 8.38. The van der Waals surface area contributed by atoms with Gasteiger partial charge in [0.2, 0.25) is 0 Å². The molecule has 3 aromatic heterocycles. The Hall–Kier alpha value is -2.12. The highest BCUT2D eigenvalue weighted by atomic mass is 32.1. The molecule has 0 radical (unpaired) electrons. The van der Waals surface area contributed by atoms with Crippen LogP contribution < -0.4 is 10.6 Å². The summed E-state index contributed by atoms with van der Waals surface area (Å²) in [7, 11) is 0. The number of aliphatic hydroxyl groups is 1. The maximum absolute atomic E-state index is 9.82. The number of anilines is 2. The Labute approximate surface area is 164 Å². The van der Waals surface area contributed by atoms with Gasteiger partial charge >= 0.3 is 0 Å². The van der Waals surface area contributed by atoms with E-state index < -0.39 is 0 Å². The van der Waals surface area contributed by atoms with Gasteiger partial charge in [-0.05, 0) is 45.2 Å². The minimum absolute atomic E-state index is 0.00999. The summed E-state index contributed by atoms with van der Waals surface area (Å²) >= 11 is 1.67. The molecule has 7 heteroatoms. The van der Waals surface area contributed by atoms with Crippen molar-refractivity contribution < 1.29 is 5.11 Å². The zero-order valence-electron chi connectivity index (χ0n) is 16.6. The zero-order chi connectivity index (χ0) is 19.6. The summed E-state index contributed by atoms with van der Waals surface area (Å²) in [6, 6.07) is 6.10. The average molecular weight is 388 g/mol. The molecule has 0 unspecified atom stereocenters. The Morgan fingerprint density at radius 3 is 2.63 bits per heavy atom. The standard InChI is InChI=1S/C20H29N5OS/c1-12(2)8-13(11-26)22-16-10-18(24-20(3,4)5)23-15-9-17(27-19(15)16)14-6-7-21-25-14/h6-7,9-10,12-13,26H,8,11H2,1-5H3,(H,21,25)(H2,22,23,24)/t13-/m1/s1. The van der Waals surface area contributed by atoms with E-state index >= 15 is 0 Å². The molecule has 0 bridgehead atoms. The third kappa shape index (κ3) is 4.99. The molecule has 6 nitrogen and oxygen atoms in total. The molecule has 3 aromatic rings. The van der Waals surface area contributed by atoms with Crippen molar-refractivity contribution in [1.82, 2.24) is 15.2 Å². The first kappa shape index (κ1) is 19.6. The summed E-state index contributed by atoms with van der Waals surface area (Å²) in [4.78, 5) is 5.90. The second-order valence-corrected chi connectivity index (χ2v) is 9.43. The molecular formula is C20H29N5OS. The third-order valence-corrected chi connectivity index (χ3v) is 5.28. The van der Waals surface area contributed by atoms with E-state index in [2.05, 4.69) is 61.5 Å². The molecule has 0 saturated carbocycles. The van der Waals surface area contributed by atoms with Crippen molar-refractivity contribution in [3.63, 3.8) is 0 Å². The van der Waals surface area contributed by atoms with Gasteiger partial charge in [-0.3, -0.25) is 5.10 Å². The van der Waals surface area contributed by atoms with Crippen LogP contribution in [0.3, 0.4) is 0 Å². The molecule has 0 aromatic carbocycles. The predicted molar refractivity (Wildman–Crippen MR) is 115 cm³/mol. The zero-order valence-corrected chi connectivity index (χ0v) is 17.4. The fourth-order valence-corrected chi connectivity index (χ4v) is 4.12. The van der Waals surface area contributed by atoms with Gasteiger partial charge in [0, 0.05) is 23.8 Å². The fourth-order valence-electron chi connectivity index (χ4n) is 3.07. The normalized spacial score (nSPS) is 13.3. The van der Waals surface area contributed by atoms with Crippen LogP contribution in [0.4, 0.5) is 11.5 Å². The van der Waals surface area contributed by atoms with Crippen molar-refractivity contribution in [3.8, 4) is 10.6 Å². The molecule has 27 heavy (non-hydrogen) atoms. The quantitative estimate of drug-likeness (QED) is 0.471. The first-order valence-electron chi connectivity index (χ1n) is 9.35. The van der Waals surface area contributed by atoms with E-state index in [0.29, 0.717) is 5.92 Å². The summed E-state index contributed by atoms with van der Waals surface area (Å²) in [6.07, 6.45) is 2.66. The number of H-pyrrole nitrogens is 1. The van der Waals surface area contributed by atoms with E-state index in [1.165, 1.54) is 0 Å². The van der Waals surface area contributed by atoms with Gasteiger partial charge in [-0.1, -0.05) is 13.8 Å². The van der Waals surface area contributed by atoms with Gasteiger partial charge in [0.1, 0.15) is 5.82 Å². The maximum Gasteiger partial charge on any atom is 0.129 e. The van der Waals surface area contributed by atoms with Gasteiger partial charge in [-0.25, -0.2) is 4.98 Å². The van der Waals surface area contributed by atoms with Crippen molar-refractivity contribution in [1.29, 1.82) is 0 Å². The summed E-state index contributed by atoms with van der Waals surface area (Å²) in [5.41, 5.74) is 2.83. The Morgan fingerprint density at radius 1 is 1.26 bits per heavy atom. The van der Waals surface area contributed by atoms with Crippen molar-refractivity contribution in [2.45, 2.75) is 52.6 Å². The molecule has 4 N–H and O–H groups in total. The number of thiophene rings is 1. The number of fused-ring (bicyclic) bond motifs is 1. The van der Waals surface area contributed by atoms with Crippen LogP contribution in [0.5, 0.6) is 0 Å². The highest BCUT2D eigenvalue weighted by Gasteiger charge is 2.18. The molecule has 0 saturated heterocycles. The van der Waals surface area contributed by atoms with Gasteiger partial charge in [0.25, 0.3) is 0 Å². The smallest absolute Gasteiger partial charge is 0.129 e. The van der Waals surface area contributed by atoms with Crippen LogP contribution in [0.15, 0.2) is 24.4 Å². The molecule has 3 heterocycles. The Bertz CT molecular complexity index is 880. The molecule has 3 rings (SSSR count). The third-order valence-electron chi connectivity index (χ3n) is 4.08. The lowest BCUT2D eigenvalue weighted by molar-refractivity contribution is 0.259. The minimum Gasteiger partial charge on any atom is -0.394 e. The van der Waals surface area contributed by atoms with Crippen LogP contribution in [-0.2, 0) is 0 Å². The Kier molecular flexibility index (Phi) is 5.72. The SMILES string of the molecule is CC(C)C[C@H](CO)Nc1cc(NC(C)(C)C)nc2cc(-c3ccn[nH]3)sc12. The van der Waals surface area contributed by atoms with E-state index in [9.17, 15) is 5.11 Å². The molecular weight excluding hydrogens is 358 g/mol. The van der Waals surface area contributed by atoms with Crippen molar-refractivity contribution in [3.05, 3.63) is 24.4 Å². The second kappa shape index (κ2) is 7.86. The van der Waals surface area contributed by atoms with Crippen LogP contribution in [0.1, 0.15) is 41.0 Å². The van der Waals surface area contributed by atoms with Gasteiger partial charge < -0.3 is 15.7 Å². The lowest BCUT2D eigenvalue weighted by atomic mass is 10.0. The number of hydrogen-bond donors (Lipinski definition) is 4. The molecule has 146 valence electrons. The van der Waals surface area contributed by atoms with E-state index in [4.69, 9.17) is 4.98 Å². The number of aromatic nitrogens is 3. The number of nitrogens with zero attached hydrogens (tertiary/aromatic N) is 2. The maximum atomic E-state index is 9.82. The summed E-state index contributed by atoms with van der Waals surface area (Å²) < 4.78 is 1.08. The molecule has 0 aliphatic rings. The van der Waals surface area contributed by atoms with E-state index in [1.54, 1.807) is 17.5 Å². The Morgan fingerprint density at radius 2 is 2.04 bits per heavy atom. The van der Waals surface area contributed by atoms with Gasteiger partial charge in [-0.2, -0.15) is 5.10 Å². The van der Waals surface area contributed by atoms with Gasteiger partial charge in [0.05, 0.1) is 33.1 Å². The van der Waals surface area contributed by atoms with Crippen LogP contribution in [0, 0.1) is 5.92 Å². The first-order chi connectivity index (χ1) is 12.7. The number of hydrogen-bond acceptors (Lipinski definition) is 6. The van der Waals surface area contributed by atoms with Crippen LogP contribution in [0.2, 0.25) is 0 Å². The largest absolute Gasteiger partial charge is 0.394 e. The lowest BCUT2D eigenvalue weighted by Gasteiger charge is -2.23. The van der Waals surface area contributed by atoms with Gasteiger partial charge in [0.15, 0.2) is 0 Å². The highest BCUT2D eigenvalue weighted by Crippen LogP contribution is 2.38. The molecule has 0 fully saturated rings. The minimum atomic E-state index is -0.0888. The predicted octanol–water partition coefficient (Wildman–Crippen LogP) is 4.72. The molecule has 0 spiro atoms. The number of nitrogens with one attached hydrogen (secondary N) is 3. The van der Waals surface area contributed by atoms with Crippen LogP contribution in [-0.4, -0.2) is 38.5 Å². The summed E-state index contributed by atoms with van der Waals surface area (Å²) in [6.45, 7) is 10.8. The summed E-state index contributed by atoms with van der Waals surface area (Å²) in [5, 5.41) is 23.9. The van der Waals surface area contributed by atoms with Crippen LogP contribution >= 0.6 is 11.3 Å². The van der Waals surface area contributed by atoms with E-state index in [-0.39, 0.29) is 18.2 Å². The molecule has 1 atom stereocenters. The number of rotatable bonds is 7.